The molecule has 0 spiro atoms. The number of para-hydroxylation sites is 2. The second-order valence-electron chi connectivity index (χ2n) is 4.24. The first-order valence-electron chi connectivity index (χ1n) is 5.61. The van der Waals surface area contributed by atoms with Gasteiger partial charge in [-0.15, -0.1) is 0 Å². The number of nitrogens with two attached hydrogens (primary N) is 1. The first-order valence-corrected chi connectivity index (χ1v) is 5.61. The van der Waals surface area contributed by atoms with Gasteiger partial charge in [-0.1, -0.05) is 12.1 Å². The number of imidazole rings is 1. The van der Waals surface area contributed by atoms with Gasteiger partial charge in [0.15, 0.2) is 0 Å². The van der Waals surface area contributed by atoms with Crippen molar-refractivity contribution in [3.8, 4) is 0 Å². The van der Waals surface area contributed by atoms with Crippen molar-refractivity contribution in [1.29, 1.82) is 0 Å². The number of ether oxygens (including phenoxy) is 1. The molecule has 0 bridgehead atoms. The zero-order valence-corrected chi connectivity index (χ0v) is 9.04. The van der Waals surface area contributed by atoms with Crippen LogP contribution < -0.4 is 5.73 Å². The zero-order valence-electron chi connectivity index (χ0n) is 9.04. The topological polar surface area (TPSA) is 53.1 Å². The SMILES string of the molecule is NC1CCOCC1n1cnc2ccccc21. The lowest BCUT2D eigenvalue weighted by molar-refractivity contribution is 0.0481. The summed E-state index contributed by atoms with van der Waals surface area (Å²) in [5.74, 6) is 0. The molecule has 3 rings (SSSR count). The van der Waals surface area contributed by atoms with Gasteiger partial charge in [-0.3, -0.25) is 0 Å². The van der Waals surface area contributed by atoms with Gasteiger partial charge >= 0.3 is 0 Å². The molecule has 16 heavy (non-hydrogen) atoms. The van der Waals surface area contributed by atoms with Crippen LogP contribution in [0.5, 0.6) is 0 Å². The molecule has 4 nitrogen and oxygen atoms in total. The highest BCUT2D eigenvalue weighted by atomic mass is 16.5. The molecule has 0 saturated carbocycles. The number of rotatable bonds is 1. The van der Waals surface area contributed by atoms with Crippen LogP contribution in [0.4, 0.5) is 0 Å². The molecule has 1 saturated heterocycles. The van der Waals surface area contributed by atoms with Gasteiger partial charge in [0.05, 0.1) is 30.0 Å². The molecule has 0 amide bonds. The van der Waals surface area contributed by atoms with Gasteiger partial charge < -0.3 is 15.0 Å². The molecule has 84 valence electrons. The standard InChI is InChI=1S/C12H15N3O/c13-9-5-6-16-7-12(9)15-8-14-10-3-1-2-4-11(10)15/h1-4,8-9,12H,5-7,13H2. The normalized spacial score (nSPS) is 26.1. The quantitative estimate of drug-likeness (QED) is 0.784. The Morgan fingerprint density at radius 3 is 3.12 bits per heavy atom. The van der Waals surface area contributed by atoms with Crippen molar-refractivity contribution >= 4 is 11.0 Å². The summed E-state index contributed by atoms with van der Waals surface area (Å²) < 4.78 is 7.63. The molecular formula is C12H15N3O. The van der Waals surface area contributed by atoms with Gasteiger partial charge in [-0.05, 0) is 18.6 Å². The molecule has 0 aliphatic carbocycles. The average Bonchev–Trinajstić information content (AvgIpc) is 2.74. The Balaban J connectivity index is 2.04. The Bertz CT molecular complexity index is 494. The highest BCUT2D eigenvalue weighted by molar-refractivity contribution is 5.75. The summed E-state index contributed by atoms with van der Waals surface area (Å²) >= 11 is 0. The summed E-state index contributed by atoms with van der Waals surface area (Å²) in [6.45, 7) is 1.45. The van der Waals surface area contributed by atoms with Crippen LogP contribution in [0.15, 0.2) is 30.6 Å². The van der Waals surface area contributed by atoms with E-state index in [-0.39, 0.29) is 12.1 Å². The number of benzene rings is 1. The molecule has 1 aliphatic rings. The number of nitrogens with zero attached hydrogens (tertiary/aromatic N) is 2. The van der Waals surface area contributed by atoms with E-state index in [0.29, 0.717) is 6.61 Å². The first-order chi connectivity index (χ1) is 7.86. The summed E-state index contributed by atoms with van der Waals surface area (Å²) in [5, 5.41) is 0. The third-order valence-corrected chi connectivity index (χ3v) is 3.22. The van der Waals surface area contributed by atoms with Crippen LogP contribution in [0, 0.1) is 0 Å². The second kappa shape index (κ2) is 3.88. The van der Waals surface area contributed by atoms with Gasteiger partial charge in [0.2, 0.25) is 0 Å². The molecule has 2 unspecified atom stereocenters. The lowest BCUT2D eigenvalue weighted by Crippen LogP contribution is -2.39. The summed E-state index contributed by atoms with van der Waals surface area (Å²) in [5.41, 5.74) is 8.28. The predicted octanol–water partition coefficient (Wildman–Crippen LogP) is 1.32. The fraction of sp³-hybridized carbons (Fsp3) is 0.417. The van der Waals surface area contributed by atoms with E-state index in [2.05, 4.69) is 15.6 Å². The maximum atomic E-state index is 6.13. The molecule has 2 N–H and O–H groups in total. The highest BCUT2D eigenvalue weighted by Crippen LogP contribution is 2.23. The van der Waals surface area contributed by atoms with E-state index in [1.165, 1.54) is 0 Å². The van der Waals surface area contributed by atoms with Gasteiger partial charge in [0, 0.05) is 12.6 Å². The van der Waals surface area contributed by atoms with Crippen molar-refractivity contribution in [3.05, 3.63) is 30.6 Å². The number of aromatic nitrogens is 2. The third kappa shape index (κ3) is 1.50. The Morgan fingerprint density at radius 2 is 2.25 bits per heavy atom. The molecular weight excluding hydrogens is 202 g/mol. The van der Waals surface area contributed by atoms with Gasteiger partial charge in [0.25, 0.3) is 0 Å². The summed E-state index contributed by atoms with van der Waals surface area (Å²) in [6.07, 6.45) is 2.78. The second-order valence-corrected chi connectivity index (χ2v) is 4.24. The smallest absolute Gasteiger partial charge is 0.0962 e. The number of fused-ring (bicyclic) bond motifs is 1. The van der Waals surface area contributed by atoms with Crippen molar-refractivity contribution in [1.82, 2.24) is 9.55 Å². The van der Waals surface area contributed by atoms with Gasteiger partial charge in [-0.25, -0.2) is 4.98 Å². The van der Waals surface area contributed by atoms with Crippen molar-refractivity contribution in [3.63, 3.8) is 0 Å². The van der Waals surface area contributed by atoms with E-state index in [0.717, 1.165) is 24.1 Å². The lowest BCUT2D eigenvalue weighted by Gasteiger charge is -2.30. The van der Waals surface area contributed by atoms with Crippen LogP contribution >= 0.6 is 0 Å². The highest BCUT2D eigenvalue weighted by Gasteiger charge is 2.24. The average molecular weight is 217 g/mol. The monoisotopic (exact) mass is 217 g/mol. The van der Waals surface area contributed by atoms with Crippen molar-refractivity contribution in [2.45, 2.75) is 18.5 Å². The minimum absolute atomic E-state index is 0.159. The number of hydrogen-bond acceptors (Lipinski definition) is 3. The molecule has 4 heteroatoms. The largest absolute Gasteiger partial charge is 0.379 e. The summed E-state index contributed by atoms with van der Waals surface area (Å²) in [4.78, 5) is 4.38. The summed E-state index contributed by atoms with van der Waals surface area (Å²) in [7, 11) is 0. The maximum Gasteiger partial charge on any atom is 0.0962 e. The molecule has 1 aromatic carbocycles. The van der Waals surface area contributed by atoms with Crippen LogP contribution in [-0.4, -0.2) is 28.8 Å². The minimum Gasteiger partial charge on any atom is -0.379 e. The summed E-state index contributed by atoms with van der Waals surface area (Å²) in [6, 6.07) is 8.48. The predicted molar refractivity (Wildman–Crippen MR) is 62.2 cm³/mol. The fourth-order valence-corrected chi connectivity index (χ4v) is 2.27. The third-order valence-electron chi connectivity index (χ3n) is 3.22. The maximum absolute atomic E-state index is 6.13. The molecule has 1 aromatic heterocycles. The van der Waals surface area contributed by atoms with Crippen molar-refractivity contribution in [2.75, 3.05) is 13.2 Å². The lowest BCUT2D eigenvalue weighted by atomic mass is 10.0. The molecule has 2 atom stereocenters. The Hall–Kier alpha value is -1.39. The van der Waals surface area contributed by atoms with Crippen LogP contribution in [0.3, 0.4) is 0 Å². The van der Waals surface area contributed by atoms with E-state index < -0.39 is 0 Å². The Labute approximate surface area is 94.0 Å². The zero-order chi connectivity index (χ0) is 11.0. The molecule has 0 radical (unpaired) electrons. The van der Waals surface area contributed by atoms with Gasteiger partial charge in [-0.2, -0.15) is 0 Å². The van der Waals surface area contributed by atoms with E-state index in [4.69, 9.17) is 10.5 Å². The van der Waals surface area contributed by atoms with E-state index >= 15 is 0 Å². The van der Waals surface area contributed by atoms with Crippen LogP contribution in [-0.2, 0) is 4.74 Å². The number of hydrogen-bond donors (Lipinski definition) is 1. The van der Waals surface area contributed by atoms with E-state index in [9.17, 15) is 0 Å². The first kappa shape index (κ1) is 9.81. The van der Waals surface area contributed by atoms with Crippen LogP contribution in [0.2, 0.25) is 0 Å². The molecule has 2 heterocycles. The molecule has 2 aromatic rings. The van der Waals surface area contributed by atoms with Crippen LogP contribution in [0.1, 0.15) is 12.5 Å². The Kier molecular flexibility index (Phi) is 2.38. The van der Waals surface area contributed by atoms with Crippen molar-refractivity contribution in [2.24, 2.45) is 5.73 Å². The molecule has 1 fully saturated rings. The van der Waals surface area contributed by atoms with E-state index in [1.54, 1.807) is 0 Å². The van der Waals surface area contributed by atoms with Crippen molar-refractivity contribution < 1.29 is 4.74 Å². The van der Waals surface area contributed by atoms with Crippen LogP contribution in [0.25, 0.3) is 11.0 Å². The van der Waals surface area contributed by atoms with Gasteiger partial charge in [0.1, 0.15) is 0 Å². The fourth-order valence-electron chi connectivity index (χ4n) is 2.27. The molecule has 1 aliphatic heterocycles. The van der Waals surface area contributed by atoms with E-state index in [1.807, 2.05) is 24.5 Å². The minimum atomic E-state index is 0.159. The Morgan fingerprint density at radius 1 is 1.38 bits per heavy atom.